The second-order valence-corrected chi connectivity index (χ2v) is 7.64. The van der Waals surface area contributed by atoms with Gasteiger partial charge in [0.1, 0.15) is 0 Å². The van der Waals surface area contributed by atoms with Crippen molar-refractivity contribution in [2.75, 3.05) is 20.1 Å². The maximum atomic E-state index is 11.5. The van der Waals surface area contributed by atoms with E-state index in [2.05, 4.69) is 21.8 Å². The Bertz CT molecular complexity index is 621. The van der Waals surface area contributed by atoms with E-state index in [9.17, 15) is 4.79 Å². The van der Waals surface area contributed by atoms with Crippen molar-refractivity contribution in [2.45, 2.75) is 50.7 Å². The van der Waals surface area contributed by atoms with Gasteiger partial charge in [-0.05, 0) is 56.7 Å². The molecule has 0 saturated carbocycles. The van der Waals surface area contributed by atoms with Crippen LogP contribution in [0.4, 0.5) is 0 Å². The van der Waals surface area contributed by atoms with Crippen molar-refractivity contribution >= 4 is 5.91 Å². The fourth-order valence-electron chi connectivity index (χ4n) is 4.85. The maximum Gasteiger partial charge on any atom is 0.276 e. The van der Waals surface area contributed by atoms with E-state index >= 15 is 0 Å². The number of amides is 1. The van der Waals surface area contributed by atoms with Crippen molar-refractivity contribution < 1.29 is 10.0 Å². The molecule has 2 N–H and O–H groups in total. The lowest BCUT2D eigenvalue weighted by molar-refractivity contribution is 0.0705. The summed E-state index contributed by atoms with van der Waals surface area (Å²) in [5, 5.41) is 8.74. The number of aromatic nitrogens is 1. The van der Waals surface area contributed by atoms with Crippen LogP contribution >= 0.6 is 0 Å². The van der Waals surface area contributed by atoms with Crippen LogP contribution in [0, 0.1) is 5.92 Å². The molecule has 1 aromatic rings. The Balaban J connectivity index is 1.39. The zero-order chi connectivity index (χ0) is 16.7. The Morgan fingerprint density at radius 1 is 1.38 bits per heavy atom. The summed E-state index contributed by atoms with van der Waals surface area (Å²) in [6, 6.07) is 3.45. The average Bonchev–Trinajstić information content (AvgIpc) is 2.82. The molecule has 2 fully saturated rings. The Labute approximate surface area is 142 Å². The summed E-state index contributed by atoms with van der Waals surface area (Å²) in [5.41, 5.74) is 4.31. The van der Waals surface area contributed by atoms with E-state index < -0.39 is 5.91 Å². The number of hydroxylamine groups is 1. The smallest absolute Gasteiger partial charge is 0.276 e. The number of pyridine rings is 1. The van der Waals surface area contributed by atoms with E-state index in [1.54, 1.807) is 11.7 Å². The Kier molecular flexibility index (Phi) is 4.28. The summed E-state index contributed by atoms with van der Waals surface area (Å²) in [5.74, 6) is 0.314. The molecule has 2 unspecified atom stereocenters. The number of carbonyl (C=O) groups excluding carboxylic acids is 1. The number of piperidine rings is 1. The van der Waals surface area contributed by atoms with Crippen molar-refractivity contribution in [2.24, 2.45) is 5.92 Å². The summed E-state index contributed by atoms with van der Waals surface area (Å²) in [7, 11) is 2.29. The molecule has 2 atom stereocenters. The summed E-state index contributed by atoms with van der Waals surface area (Å²) in [6.45, 7) is 3.07. The SMILES string of the molecule is CN1C2CCC1CC(CN1CCc3cc(C(=O)NO)cnc3C1)C2. The van der Waals surface area contributed by atoms with Gasteiger partial charge < -0.3 is 4.90 Å². The molecule has 0 aromatic carbocycles. The fraction of sp³-hybridized carbons (Fsp3) is 0.667. The molecule has 24 heavy (non-hydrogen) atoms. The van der Waals surface area contributed by atoms with Crippen LogP contribution in [0.2, 0.25) is 0 Å². The van der Waals surface area contributed by atoms with Crippen LogP contribution in [0.15, 0.2) is 12.3 Å². The number of nitrogens with zero attached hydrogens (tertiary/aromatic N) is 3. The molecule has 1 aromatic heterocycles. The van der Waals surface area contributed by atoms with Crippen molar-refractivity contribution in [3.63, 3.8) is 0 Å². The van der Waals surface area contributed by atoms with Gasteiger partial charge in [-0.2, -0.15) is 0 Å². The first-order valence-corrected chi connectivity index (χ1v) is 9.00. The Morgan fingerprint density at radius 3 is 2.83 bits per heavy atom. The van der Waals surface area contributed by atoms with Gasteiger partial charge in [0, 0.05) is 37.9 Å². The van der Waals surface area contributed by atoms with E-state index in [-0.39, 0.29) is 0 Å². The van der Waals surface area contributed by atoms with E-state index in [0.29, 0.717) is 5.56 Å². The lowest BCUT2D eigenvalue weighted by Gasteiger charge is -2.39. The van der Waals surface area contributed by atoms with Gasteiger partial charge in [-0.15, -0.1) is 0 Å². The molecule has 2 bridgehead atoms. The van der Waals surface area contributed by atoms with Gasteiger partial charge in [0.2, 0.25) is 0 Å². The molecule has 6 nitrogen and oxygen atoms in total. The van der Waals surface area contributed by atoms with Gasteiger partial charge in [-0.25, -0.2) is 5.48 Å². The average molecular weight is 330 g/mol. The molecule has 0 aliphatic carbocycles. The van der Waals surface area contributed by atoms with Crippen LogP contribution in [-0.2, 0) is 13.0 Å². The highest BCUT2D eigenvalue weighted by molar-refractivity contribution is 5.93. The van der Waals surface area contributed by atoms with Crippen LogP contribution in [0.1, 0.15) is 47.3 Å². The van der Waals surface area contributed by atoms with Crippen molar-refractivity contribution in [1.82, 2.24) is 20.3 Å². The van der Waals surface area contributed by atoms with Gasteiger partial charge in [0.05, 0.1) is 11.3 Å². The number of nitrogens with one attached hydrogen (secondary N) is 1. The van der Waals surface area contributed by atoms with Crippen LogP contribution in [0.3, 0.4) is 0 Å². The molecule has 130 valence electrons. The molecular formula is C18H26N4O2. The van der Waals surface area contributed by atoms with Crippen LogP contribution in [0.25, 0.3) is 0 Å². The molecule has 6 heteroatoms. The number of fused-ring (bicyclic) bond motifs is 3. The summed E-state index contributed by atoms with van der Waals surface area (Å²) in [6.07, 6.45) is 7.90. The van der Waals surface area contributed by atoms with Gasteiger partial charge in [-0.3, -0.25) is 19.9 Å². The number of rotatable bonds is 3. The zero-order valence-corrected chi connectivity index (χ0v) is 14.2. The van der Waals surface area contributed by atoms with Gasteiger partial charge in [0.15, 0.2) is 0 Å². The van der Waals surface area contributed by atoms with Crippen molar-refractivity contribution in [3.05, 3.63) is 29.1 Å². The highest BCUT2D eigenvalue weighted by atomic mass is 16.5. The van der Waals surface area contributed by atoms with Crippen molar-refractivity contribution in [1.29, 1.82) is 0 Å². The van der Waals surface area contributed by atoms with E-state index in [4.69, 9.17) is 5.21 Å². The highest BCUT2D eigenvalue weighted by Crippen LogP contribution is 2.38. The molecule has 2 saturated heterocycles. The monoisotopic (exact) mass is 330 g/mol. The lowest BCUT2D eigenvalue weighted by Crippen LogP contribution is -2.44. The van der Waals surface area contributed by atoms with E-state index in [1.807, 2.05) is 6.07 Å². The third-order valence-electron chi connectivity index (χ3n) is 6.21. The van der Waals surface area contributed by atoms with Crippen LogP contribution < -0.4 is 5.48 Å². The molecule has 0 radical (unpaired) electrons. The normalized spacial score (nSPS) is 30.2. The topological polar surface area (TPSA) is 68.7 Å². The van der Waals surface area contributed by atoms with E-state index in [0.717, 1.165) is 48.8 Å². The minimum Gasteiger partial charge on any atom is -0.300 e. The van der Waals surface area contributed by atoms with Gasteiger partial charge in [-0.1, -0.05) is 0 Å². The van der Waals surface area contributed by atoms with Crippen LogP contribution in [0.5, 0.6) is 0 Å². The maximum absolute atomic E-state index is 11.5. The standard InChI is InChI=1S/C18H26N4O2/c1-21-15-2-3-16(21)7-12(6-15)10-22-5-4-13-8-14(18(23)20-24)9-19-17(13)11-22/h8-9,12,15-16,24H,2-7,10-11H2,1H3,(H,20,23). The zero-order valence-electron chi connectivity index (χ0n) is 14.2. The number of hydrogen-bond acceptors (Lipinski definition) is 5. The second kappa shape index (κ2) is 6.43. The summed E-state index contributed by atoms with van der Waals surface area (Å²) in [4.78, 5) is 21.1. The second-order valence-electron chi connectivity index (χ2n) is 7.64. The van der Waals surface area contributed by atoms with E-state index in [1.165, 1.54) is 32.2 Å². The molecule has 4 rings (SSSR count). The van der Waals surface area contributed by atoms with Gasteiger partial charge in [0.25, 0.3) is 5.91 Å². The first kappa shape index (κ1) is 16.0. The first-order chi connectivity index (χ1) is 11.6. The predicted molar refractivity (Wildman–Crippen MR) is 89.8 cm³/mol. The van der Waals surface area contributed by atoms with Gasteiger partial charge >= 0.3 is 0 Å². The number of carbonyl (C=O) groups is 1. The first-order valence-electron chi connectivity index (χ1n) is 9.00. The highest BCUT2D eigenvalue weighted by Gasteiger charge is 2.38. The van der Waals surface area contributed by atoms with Crippen LogP contribution in [-0.4, -0.2) is 58.1 Å². The molecule has 4 heterocycles. The minimum atomic E-state index is -0.491. The fourth-order valence-corrected chi connectivity index (χ4v) is 4.85. The summed E-state index contributed by atoms with van der Waals surface area (Å²) >= 11 is 0. The summed E-state index contributed by atoms with van der Waals surface area (Å²) < 4.78 is 0. The number of hydrogen-bond donors (Lipinski definition) is 2. The molecular weight excluding hydrogens is 304 g/mol. The molecule has 3 aliphatic rings. The third-order valence-corrected chi connectivity index (χ3v) is 6.21. The third kappa shape index (κ3) is 2.94. The predicted octanol–water partition coefficient (Wildman–Crippen LogP) is 1.43. The molecule has 3 aliphatic heterocycles. The van der Waals surface area contributed by atoms with Crippen molar-refractivity contribution in [3.8, 4) is 0 Å². The Hall–Kier alpha value is -1.50. The molecule has 1 amide bonds. The minimum absolute atomic E-state index is 0.427. The molecule has 0 spiro atoms. The Morgan fingerprint density at radius 2 is 2.12 bits per heavy atom. The largest absolute Gasteiger partial charge is 0.300 e. The quantitative estimate of drug-likeness (QED) is 0.648. The lowest BCUT2D eigenvalue weighted by atomic mass is 9.90.